The monoisotopic (exact) mass is 350 g/mol. The third-order valence-corrected chi connectivity index (χ3v) is 8.90. The van der Waals surface area contributed by atoms with Gasteiger partial charge in [0.1, 0.15) is 4.93 Å². The fourth-order valence-corrected chi connectivity index (χ4v) is 7.85. The van der Waals surface area contributed by atoms with Gasteiger partial charge in [-0.05, 0) is 93.3 Å². The average Bonchev–Trinajstić information content (AvgIpc) is 2.88. The second-order valence-electron chi connectivity index (χ2n) is 10.7. The molecule has 4 saturated carbocycles. The molecule has 7 atom stereocenters. The molecule has 0 heterocycles. The van der Waals surface area contributed by atoms with Crippen molar-refractivity contribution in [2.24, 2.45) is 34.5 Å². The van der Waals surface area contributed by atoms with Gasteiger partial charge in [0, 0.05) is 0 Å². The molecule has 4 unspecified atom stereocenters. The number of ether oxygens (including phenoxy) is 1. The fourth-order valence-electron chi connectivity index (χ4n) is 7.71. The molecule has 24 heavy (non-hydrogen) atoms. The average molecular weight is 351 g/mol. The van der Waals surface area contributed by atoms with Crippen LogP contribution >= 0.6 is 12.6 Å². The van der Waals surface area contributed by atoms with E-state index in [1.807, 2.05) is 0 Å². The molecule has 0 aromatic rings. The van der Waals surface area contributed by atoms with E-state index < -0.39 is 0 Å². The van der Waals surface area contributed by atoms with Crippen molar-refractivity contribution in [2.75, 3.05) is 0 Å². The molecule has 1 nitrogen and oxygen atoms in total. The normalized spacial score (nSPS) is 51.6. The summed E-state index contributed by atoms with van der Waals surface area (Å²) >= 11 is 4.76. The van der Waals surface area contributed by atoms with Crippen LogP contribution in [0.2, 0.25) is 0 Å². The Kier molecular flexibility index (Phi) is 4.36. The van der Waals surface area contributed by atoms with E-state index in [0.29, 0.717) is 16.9 Å². The summed E-state index contributed by atoms with van der Waals surface area (Å²) in [7, 11) is 0. The number of rotatable bonds is 2. The summed E-state index contributed by atoms with van der Waals surface area (Å²) in [5.41, 5.74) is 1.19. The molecule has 0 aromatic heterocycles. The molecule has 4 aliphatic rings. The zero-order valence-electron chi connectivity index (χ0n) is 16.3. The molecule has 138 valence electrons. The summed E-state index contributed by atoms with van der Waals surface area (Å²) in [4.78, 5) is -0.302. The molecule has 2 heteroatoms. The van der Waals surface area contributed by atoms with Crippen LogP contribution in [0.3, 0.4) is 0 Å². The predicted molar refractivity (Wildman–Crippen MR) is 104 cm³/mol. The van der Waals surface area contributed by atoms with Crippen molar-refractivity contribution in [3.63, 3.8) is 0 Å². The second kappa shape index (κ2) is 5.91. The third-order valence-electron chi connectivity index (χ3n) is 8.80. The number of fused-ring (bicyclic) bond motifs is 5. The van der Waals surface area contributed by atoms with Crippen LogP contribution in [-0.2, 0) is 4.74 Å². The molecule has 0 aromatic carbocycles. The molecule has 0 N–H and O–H groups in total. The van der Waals surface area contributed by atoms with Gasteiger partial charge in [0.2, 0.25) is 0 Å². The molecular weight excluding hydrogens is 312 g/mol. The van der Waals surface area contributed by atoms with E-state index >= 15 is 0 Å². The number of thiol groups is 1. The molecular formula is C22H38OS. The van der Waals surface area contributed by atoms with Gasteiger partial charge in [0.15, 0.2) is 0 Å². The van der Waals surface area contributed by atoms with E-state index in [0.717, 1.165) is 23.7 Å². The Hall–Kier alpha value is 0.310. The summed E-state index contributed by atoms with van der Waals surface area (Å²) < 4.78 is 6.66. The Labute approximate surface area is 155 Å². The smallest absolute Gasteiger partial charge is 0.105 e. The van der Waals surface area contributed by atoms with Crippen LogP contribution in [0.25, 0.3) is 0 Å². The first-order valence-electron chi connectivity index (χ1n) is 10.6. The Morgan fingerprint density at radius 1 is 0.917 bits per heavy atom. The van der Waals surface area contributed by atoms with Crippen molar-refractivity contribution in [2.45, 2.75) is 103 Å². The molecule has 0 saturated heterocycles. The van der Waals surface area contributed by atoms with Gasteiger partial charge in [-0.2, -0.15) is 0 Å². The van der Waals surface area contributed by atoms with E-state index in [9.17, 15) is 0 Å². The van der Waals surface area contributed by atoms with Gasteiger partial charge in [-0.15, -0.1) is 12.6 Å². The number of hydrogen-bond donors (Lipinski definition) is 1. The standard InChI is InChI=1S/C22H38OS/c1-20(2,24)23-18-14-15-8-5-6-12-22(15,4)17-10-13-21(3)11-7-9-16(21)19(17)18/h15-19,24H,5-14H2,1-4H3/t15?,16?,17?,18-,19?,21-,22-/m0/s1. The Balaban J connectivity index is 1.70. The molecule has 0 aliphatic heterocycles. The van der Waals surface area contributed by atoms with Crippen LogP contribution in [0, 0.1) is 34.5 Å². The highest BCUT2D eigenvalue weighted by Gasteiger charge is 2.60. The minimum Gasteiger partial charge on any atom is -0.362 e. The quantitative estimate of drug-likeness (QED) is 0.443. The van der Waals surface area contributed by atoms with E-state index in [2.05, 4.69) is 27.7 Å². The van der Waals surface area contributed by atoms with Crippen molar-refractivity contribution in [1.29, 1.82) is 0 Å². The van der Waals surface area contributed by atoms with Crippen LogP contribution in [0.15, 0.2) is 0 Å². The van der Waals surface area contributed by atoms with Gasteiger partial charge in [-0.3, -0.25) is 0 Å². The summed E-state index contributed by atoms with van der Waals surface area (Å²) in [6.07, 6.45) is 14.8. The maximum absolute atomic E-state index is 6.66. The molecule has 0 radical (unpaired) electrons. The maximum Gasteiger partial charge on any atom is 0.105 e. The van der Waals surface area contributed by atoms with Gasteiger partial charge in [0.25, 0.3) is 0 Å². The minimum absolute atomic E-state index is 0.302. The molecule has 4 fully saturated rings. The van der Waals surface area contributed by atoms with Crippen LogP contribution in [0.1, 0.15) is 91.9 Å². The first kappa shape index (κ1) is 17.7. The van der Waals surface area contributed by atoms with Gasteiger partial charge in [-0.25, -0.2) is 0 Å². The zero-order valence-corrected chi connectivity index (χ0v) is 17.2. The van der Waals surface area contributed by atoms with Crippen molar-refractivity contribution in [3.8, 4) is 0 Å². The topological polar surface area (TPSA) is 9.23 Å². The zero-order chi connectivity index (χ0) is 17.2. The lowest BCUT2D eigenvalue weighted by Gasteiger charge is -2.62. The molecule has 0 amide bonds. The van der Waals surface area contributed by atoms with Crippen LogP contribution in [0.5, 0.6) is 0 Å². The summed E-state index contributed by atoms with van der Waals surface area (Å²) in [6.45, 7) is 9.53. The van der Waals surface area contributed by atoms with Gasteiger partial charge in [0.05, 0.1) is 6.10 Å². The molecule has 4 rings (SSSR count). The molecule has 0 spiro atoms. The first-order valence-corrected chi connectivity index (χ1v) is 11.1. The van der Waals surface area contributed by atoms with Crippen molar-refractivity contribution < 1.29 is 4.74 Å². The number of hydrogen-bond acceptors (Lipinski definition) is 2. The van der Waals surface area contributed by atoms with Crippen molar-refractivity contribution in [1.82, 2.24) is 0 Å². The highest BCUT2D eigenvalue weighted by molar-refractivity contribution is 7.81. The van der Waals surface area contributed by atoms with E-state index in [-0.39, 0.29) is 4.93 Å². The van der Waals surface area contributed by atoms with Gasteiger partial charge >= 0.3 is 0 Å². The largest absolute Gasteiger partial charge is 0.362 e. The van der Waals surface area contributed by atoms with Gasteiger partial charge in [-0.1, -0.05) is 33.1 Å². The van der Waals surface area contributed by atoms with Crippen molar-refractivity contribution >= 4 is 12.6 Å². The van der Waals surface area contributed by atoms with Gasteiger partial charge < -0.3 is 4.74 Å². The van der Waals surface area contributed by atoms with E-state index in [4.69, 9.17) is 17.4 Å². The lowest BCUT2D eigenvalue weighted by Crippen LogP contribution is -2.58. The van der Waals surface area contributed by atoms with Crippen LogP contribution in [-0.4, -0.2) is 11.0 Å². The summed E-state index contributed by atoms with van der Waals surface area (Å²) in [5.74, 6) is 3.47. The van der Waals surface area contributed by atoms with Crippen LogP contribution in [0.4, 0.5) is 0 Å². The lowest BCUT2D eigenvalue weighted by molar-refractivity contribution is -0.189. The fraction of sp³-hybridized carbons (Fsp3) is 1.00. The molecule has 0 bridgehead atoms. The molecule has 4 aliphatic carbocycles. The SMILES string of the molecule is CC(C)(S)O[C@H]1CC2CCCC[C@]2(C)C2CC[C@]3(C)CCCC3C21. The minimum atomic E-state index is -0.302. The predicted octanol–water partition coefficient (Wildman–Crippen LogP) is 6.47. The highest BCUT2D eigenvalue weighted by Crippen LogP contribution is 2.66. The Bertz CT molecular complexity index is 483. The highest BCUT2D eigenvalue weighted by atomic mass is 32.1. The third kappa shape index (κ3) is 2.79. The maximum atomic E-state index is 6.66. The summed E-state index contributed by atoms with van der Waals surface area (Å²) in [6, 6.07) is 0. The summed E-state index contributed by atoms with van der Waals surface area (Å²) in [5, 5.41) is 0. The lowest BCUT2D eigenvalue weighted by atomic mass is 9.44. The van der Waals surface area contributed by atoms with Crippen molar-refractivity contribution in [3.05, 3.63) is 0 Å². The van der Waals surface area contributed by atoms with E-state index in [1.54, 1.807) is 0 Å². The Morgan fingerprint density at radius 2 is 1.71 bits per heavy atom. The second-order valence-corrected chi connectivity index (χ2v) is 11.7. The Morgan fingerprint density at radius 3 is 2.46 bits per heavy atom. The van der Waals surface area contributed by atoms with E-state index in [1.165, 1.54) is 64.2 Å². The first-order chi connectivity index (χ1) is 11.2. The van der Waals surface area contributed by atoms with Crippen LogP contribution < -0.4 is 0 Å².